The summed E-state index contributed by atoms with van der Waals surface area (Å²) < 4.78 is 6.06. The van der Waals surface area contributed by atoms with Crippen molar-refractivity contribution in [1.29, 1.82) is 0 Å². The lowest BCUT2D eigenvalue weighted by Crippen LogP contribution is -1.80. The van der Waals surface area contributed by atoms with E-state index in [4.69, 9.17) is 4.42 Å². The normalized spacial score (nSPS) is 12.4. The molecule has 0 fully saturated rings. The van der Waals surface area contributed by atoms with Gasteiger partial charge in [-0.25, -0.2) is 0 Å². The van der Waals surface area contributed by atoms with E-state index >= 15 is 0 Å². The SMILES string of the molecule is c1ccc2c(c1)-c1cccc3c1c-2cc1[nH]c2ccc(-c4ccc5oc6ccccc6c5c4)cc2c13. The van der Waals surface area contributed by atoms with Gasteiger partial charge in [0.25, 0.3) is 0 Å². The van der Waals surface area contributed by atoms with Gasteiger partial charge in [0.05, 0.1) is 0 Å². The molecule has 2 aromatic heterocycles. The van der Waals surface area contributed by atoms with E-state index in [1.165, 1.54) is 66.0 Å². The second-order valence-corrected chi connectivity index (χ2v) is 9.81. The molecular formula is C34H19NO. The first-order valence-electron chi connectivity index (χ1n) is 12.4. The van der Waals surface area contributed by atoms with E-state index in [9.17, 15) is 0 Å². The number of para-hydroxylation sites is 1. The Labute approximate surface area is 206 Å². The number of hydrogen-bond donors (Lipinski definition) is 1. The van der Waals surface area contributed by atoms with Gasteiger partial charge in [0.15, 0.2) is 0 Å². The van der Waals surface area contributed by atoms with Crippen LogP contribution in [-0.4, -0.2) is 4.98 Å². The Hall–Kier alpha value is -4.82. The van der Waals surface area contributed by atoms with E-state index in [0.717, 1.165) is 21.9 Å². The fourth-order valence-corrected chi connectivity index (χ4v) is 6.35. The van der Waals surface area contributed by atoms with E-state index in [0.29, 0.717) is 0 Å². The van der Waals surface area contributed by atoms with Crippen LogP contribution in [0, 0.1) is 0 Å². The van der Waals surface area contributed by atoms with Crippen molar-refractivity contribution >= 4 is 54.5 Å². The lowest BCUT2D eigenvalue weighted by Gasteiger charge is -2.06. The first kappa shape index (κ1) is 18.5. The maximum Gasteiger partial charge on any atom is 0.135 e. The molecule has 2 heterocycles. The van der Waals surface area contributed by atoms with Crippen LogP contribution in [0.3, 0.4) is 0 Å². The van der Waals surface area contributed by atoms with E-state index in [1.54, 1.807) is 0 Å². The van der Waals surface area contributed by atoms with Gasteiger partial charge in [-0.1, -0.05) is 72.8 Å². The summed E-state index contributed by atoms with van der Waals surface area (Å²) in [5.41, 5.74) is 11.9. The predicted molar refractivity (Wildman–Crippen MR) is 150 cm³/mol. The fourth-order valence-electron chi connectivity index (χ4n) is 6.35. The molecule has 0 saturated carbocycles. The number of aromatic amines is 1. The third-order valence-electron chi connectivity index (χ3n) is 7.94. The molecule has 2 nitrogen and oxygen atoms in total. The molecule has 1 N–H and O–H groups in total. The molecule has 0 saturated heterocycles. The largest absolute Gasteiger partial charge is 0.456 e. The number of aromatic nitrogens is 1. The summed E-state index contributed by atoms with van der Waals surface area (Å²) in [6.45, 7) is 0. The standard InChI is InChI=1S/C34H19NO/c1-2-7-22-21(6-1)24-9-5-10-25-33(24)27(22)18-30-34(25)28-17-19(12-14-29(28)35-30)20-13-15-32-26(16-20)23-8-3-4-11-31(23)36-32/h1-18,35H. The maximum absolute atomic E-state index is 6.06. The van der Waals surface area contributed by atoms with Gasteiger partial charge in [0.2, 0.25) is 0 Å². The molecule has 2 heteroatoms. The zero-order valence-corrected chi connectivity index (χ0v) is 19.3. The van der Waals surface area contributed by atoms with Crippen LogP contribution >= 0.6 is 0 Å². The second-order valence-electron chi connectivity index (χ2n) is 9.81. The second kappa shape index (κ2) is 6.44. The number of fused-ring (bicyclic) bond motifs is 10. The highest BCUT2D eigenvalue weighted by atomic mass is 16.3. The van der Waals surface area contributed by atoms with E-state index in [2.05, 4.69) is 102 Å². The van der Waals surface area contributed by atoms with Crippen molar-refractivity contribution in [1.82, 2.24) is 4.98 Å². The summed E-state index contributed by atoms with van der Waals surface area (Å²) in [5.74, 6) is 0. The number of nitrogens with one attached hydrogen (secondary N) is 1. The van der Waals surface area contributed by atoms with Crippen LogP contribution in [-0.2, 0) is 0 Å². The topological polar surface area (TPSA) is 28.9 Å². The van der Waals surface area contributed by atoms with Crippen LogP contribution in [0.2, 0.25) is 0 Å². The Morgan fingerprint density at radius 3 is 2.03 bits per heavy atom. The highest BCUT2D eigenvalue weighted by Crippen LogP contribution is 2.50. The Morgan fingerprint density at radius 2 is 1.11 bits per heavy atom. The molecule has 0 spiro atoms. The molecule has 6 aromatic carbocycles. The quantitative estimate of drug-likeness (QED) is 0.261. The van der Waals surface area contributed by atoms with Gasteiger partial charge in [-0.15, -0.1) is 0 Å². The first-order chi connectivity index (χ1) is 17.8. The molecule has 0 radical (unpaired) electrons. The average molecular weight is 458 g/mol. The number of hydrogen-bond acceptors (Lipinski definition) is 1. The molecule has 9 rings (SSSR count). The molecule has 166 valence electrons. The lowest BCUT2D eigenvalue weighted by molar-refractivity contribution is 0.669. The minimum absolute atomic E-state index is 0.928. The number of H-pyrrole nitrogens is 1. The van der Waals surface area contributed by atoms with Gasteiger partial charge in [0.1, 0.15) is 11.2 Å². The van der Waals surface area contributed by atoms with Crippen molar-refractivity contribution in [2.24, 2.45) is 0 Å². The number of furan rings is 1. The summed E-state index contributed by atoms with van der Waals surface area (Å²) in [6.07, 6.45) is 0. The number of benzene rings is 6. The molecule has 0 unspecified atom stereocenters. The first-order valence-corrected chi connectivity index (χ1v) is 12.4. The van der Waals surface area contributed by atoms with Gasteiger partial charge in [-0.2, -0.15) is 0 Å². The Balaban J connectivity index is 1.33. The predicted octanol–water partition coefficient (Wildman–Crippen LogP) is 9.69. The van der Waals surface area contributed by atoms with Crippen molar-refractivity contribution in [2.45, 2.75) is 0 Å². The van der Waals surface area contributed by atoms with Crippen LogP contribution in [0.15, 0.2) is 114 Å². The van der Waals surface area contributed by atoms with Crippen molar-refractivity contribution in [2.75, 3.05) is 0 Å². The summed E-state index contributed by atoms with van der Waals surface area (Å²) in [5, 5.41) is 7.56. The molecule has 0 bridgehead atoms. The van der Waals surface area contributed by atoms with Crippen LogP contribution in [0.4, 0.5) is 0 Å². The van der Waals surface area contributed by atoms with Crippen LogP contribution in [0.25, 0.3) is 87.9 Å². The minimum atomic E-state index is 0.928. The minimum Gasteiger partial charge on any atom is -0.456 e. The van der Waals surface area contributed by atoms with Crippen molar-refractivity contribution in [3.8, 4) is 33.4 Å². The van der Waals surface area contributed by atoms with Crippen LogP contribution < -0.4 is 0 Å². The van der Waals surface area contributed by atoms with E-state index < -0.39 is 0 Å². The highest BCUT2D eigenvalue weighted by molar-refractivity contribution is 6.28. The van der Waals surface area contributed by atoms with Gasteiger partial charge in [-0.05, 0) is 80.6 Å². The van der Waals surface area contributed by atoms with Crippen molar-refractivity contribution < 1.29 is 4.42 Å². The highest BCUT2D eigenvalue weighted by Gasteiger charge is 2.23. The third kappa shape index (κ3) is 2.26. The smallest absolute Gasteiger partial charge is 0.135 e. The molecular weight excluding hydrogens is 438 g/mol. The molecule has 0 aliphatic heterocycles. The zero-order chi connectivity index (χ0) is 23.4. The summed E-state index contributed by atoms with van der Waals surface area (Å²) in [6, 6.07) is 39.4. The Morgan fingerprint density at radius 1 is 0.417 bits per heavy atom. The lowest BCUT2D eigenvalue weighted by atomic mass is 9.96. The molecule has 0 amide bonds. The monoisotopic (exact) mass is 457 g/mol. The molecule has 0 atom stereocenters. The molecule has 1 aliphatic carbocycles. The summed E-state index contributed by atoms with van der Waals surface area (Å²) in [7, 11) is 0. The zero-order valence-electron chi connectivity index (χ0n) is 19.3. The van der Waals surface area contributed by atoms with Gasteiger partial charge < -0.3 is 9.40 Å². The molecule has 8 aromatic rings. The van der Waals surface area contributed by atoms with Gasteiger partial charge in [0, 0.05) is 32.6 Å². The molecule has 36 heavy (non-hydrogen) atoms. The van der Waals surface area contributed by atoms with Crippen molar-refractivity contribution in [3.63, 3.8) is 0 Å². The van der Waals surface area contributed by atoms with Gasteiger partial charge in [-0.3, -0.25) is 0 Å². The molecule has 1 aliphatic rings. The van der Waals surface area contributed by atoms with Crippen molar-refractivity contribution in [3.05, 3.63) is 109 Å². The van der Waals surface area contributed by atoms with Crippen LogP contribution in [0.5, 0.6) is 0 Å². The number of rotatable bonds is 1. The summed E-state index contributed by atoms with van der Waals surface area (Å²) in [4.78, 5) is 3.71. The van der Waals surface area contributed by atoms with Gasteiger partial charge >= 0.3 is 0 Å². The third-order valence-corrected chi connectivity index (χ3v) is 7.94. The Bertz CT molecular complexity index is 2210. The summed E-state index contributed by atoms with van der Waals surface area (Å²) >= 11 is 0. The van der Waals surface area contributed by atoms with E-state index in [-0.39, 0.29) is 0 Å². The fraction of sp³-hybridized carbons (Fsp3) is 0. The maximum atomic E-state index is 6.06. The van der Waals surface area contributed by atoms with Crippen LogP contribution in [0.1, 0.15) is 0 Å². The average Bonchev–Trinajstić information content (AvgIpc) is 3.59. The Kier molecular flexibility index (Phi) is 3.31. The van der Waals surface area contributed by atoms with E-state index in [1.807, 2.05) is 12.1 Å².